The summed E-state index contributed by atoms with van der Waals surface area (Å²) in [6.45, 7) is 2.09. The second-order valence-electron chi connectivity index (χ2n) is 4.48. The minimum absolute atomic E-state index is 0.364. The van der Waals surface area contributed by atoms with Gasteiger partial charge in [0, 0.05) is 29.0 Å². The number of anilines is 1. The van der Waals surface area contributed by atoms with E-state index in [2.05, 4.69) is 0 Å². The highest BCUT2D eigenvalue weighted by Gasteiger charge is 2.18. The number of fused-ring (bicyclic) bond motifs is 1. The molecule has 1 atom stereocenters. The van der Waals surface area contributed by atoms with Crippen molar-refractivity contribution in [2.45, 2.75) is 23.8 Å². The molecule has 4 nitrogen and oxygen atoms in total. The first-order valence-electron chi connectivity index (χ1n) is 6.26. The van der Waals surface area contributed by atoms with E-state index < -0.39 is 0 Å². The van der Waals surface area contributed by atoms with Crippen molar-refractivity contribution in [2.75, 3.05) is 31.3 Å². The number of rotatable bonds is 3. The zero-order chi connectivity index (χ0) is 12.4. The average molecular weight is 267 g/mol. The van der Waals surface area contributed by atoms with Crippen molar-refractivity contribution in [1.29, 1.82) is 0 Å². The standard InChI is InChI=1S/C13H17NO3S/c14-10-6-11-12(17-5-4-16-11)7-13(10)18-8-9-2-1-3-15-9/h6-7,9H,1-5,8,14H2. The predicted octanol–water partition coefficient (Wildman–Crippen LogP) is 2.31. The minimum atomic E-state index is 0.364. The van der Waals surface area contributed by atoms with Crippen molar-refractivity contribution < 1.29 is 14.2 Å². The summed E-state index contributed by atoms with van der Waals surface area (Å²) in [7, 11) is 0. The molecule has 5 heteroatoms. The van der Waals surface area contributed by atoms with Gasteiger partial charge < -0.3 is 19.9 Å². The molecule has 0 bridgehead atoms. The van der Waals surface area contributed by atoms with Crippen LogP contribution in [0.4, 0.5) is 5.69 Å². The van der Waals surface area contributed by atoms with Crippen molar-refractivity contribution in [3.05, 3.63) is 12.1 Å². The first-order valence-corrected chi connectivity index (χ1v) is 7.25. The maximum absolute atomic E-state index is 6.03. The molecule has 2 N–H and O–H groups in total. The summed E-state index contributed by atoms with van der Waals surface area (Å²) in [4.78, 5) is 1.05. The molecular formula is C13H17NO3S. The fourth-order valence-electron chi connectivity index (χ4n) is 2.17. The van der Waals surface area contributed by atoms with Crippen LogP contribution >= 0.6 is 11.8 Å². The summed E-state index contributed by atoms with van der Waals surface area (Å²) in [6, 6.07) is 3.83. The Morgan fingerprint density at radius 2 is 1.94 bits per heavy atom. The Kier molecular flexibility index (Phi) is 3.52. The van der Waals surface area contributed by atoms with Gasteiger partial charge in [-0.25, -0.2) is 0 Å². The van der Waals surface area contributed by atoms with E-state index in [-0.39, 0.29) is 0 Å². The highest BCUT2D eigenvalue weighted by molar-refractivity contribution is 7.99. The smallest absolute Gasteiger partial charge is 0.163 e. The van der Waals surface area contributed by atoms with E-state index in [1.807, 2.05) is 12.1 Å². The van der Waals surface area contributed by atoms with Crippen LogP contribution in [0.15, 0.2) is 17.0 Å². The van der Waals surface area contributed by atoms with Gasteiger partial charge in [-0.2, -0.15) is 0 Å². The summed E-state index contributed by atoms with van der Waals surface area (Å²) >= 11 is 1.73. The Balaban J connectivity index is 1.70. The van der Waals surface area contributed by atoms with Gasteiger partial charge >= 0.3 is 0 Å². The first-order chi connectivity index (χ1) is 8.83. The highest BCUT2D eigenvalue weighted by Crippen LogP contribution is 2.39. The number of hydrogen-bond acceptors (Lipinski definition) is 5. The maximum atomic E-state index is 6.03. The van der Waals surface area contributed by atoms with Gasteiger partial charge in [-0.05, 0) is 18.9 Å². The van der Waals surface area contributed by atoms with E-state index in [4.69, 9.17) is 19.9 Å². The van der Waals surface area contributed by atoms with Crippen LogP contribution in [0.2, 0.25) is 0 Å². The molecule has 0 saturated carbocycles. The second kappa shape index (κ2) is 5.28. The molecule has 2 aliphatic rings. The summed E-state index contributed by atoms with van der Waals surface area (Å²) in [5.74, 6) is 2.50. The largest absolute Gasteiger partial charge is 0.486 e. The van der Waals surface area contributed by atoms with Crippen LogP contribution in [0.5, 0.6) is 11.5 Å². The molecule has 0 aromatic heterocycles. The molecule has 0 aliphatic carbocycles. The molecule has 0 amide bonds. The Bertz CT molecular complexity index is 432. The zero-order valence-corrected chi connectivity index (χ0v) is 11.0. The monoisotopic (exact) mass is 267 g/mol. The van der Waals surface area contributed by atoms with Gasteiger partial charge in [0.1, 0.15) is 13.2 Å². The van der Waals surface area contributed by atoms with Crippen LogP contribution in [-0.2, 0) is 4.74 Å². The van der Waals surface area contributed by atoms with Crippen LogP contribution in [0.1, 0.15) is 12.8 Å². The topological polar surface area (TPSA) is 53.7 Å². The third kappa shape index (κ3) is 2.52. The molecule has 2 heterocycles. The summed E-state index contributed by atoms with van der Waals surface area (Å²) in [6.07, 6.45) is 2.68. The van der Waals surface area contributed by atoms with Gasteiger partial charge in [-0.15, -0.1) is 11.8 Å². The number of thioether (sulfide) groups is 1. The first kappa shape index (κ1) is 12.0. The van der Waals surface area contributed by atoms with E-state index in [9.17, 15) is 0 Å². The molecule has 3 rings (SSSR count). The van der Waals surface area contributed by atoms with E-state index in [0.717, 1.165) is 40.9 Å². The third-order valence-electron chi connectivity index (χ3n) is 3.12. The number of nitrogen functional groups attached to an aromatic ring is 1. The lowest BCUT2D eigenvalue weighted by molar-refractivity contribution is 0.129. The summed E-state index contributed by atoms with van der Waals surface area (Å²) in [5.41, 5.74) is 6.78. The van der Waals surface area contributed by atoms with Crippen molar-refractivity contribution in [1.82, 2.24) is 0 Å². The van der Waals surface area contributed by atoms with E-state index in [1.54, 1.807) is 11.8 Å². The molecule has 0 spiro atoms. The van der Waals surface area contributed by atoms with Gasteiger partial charge in [-0.3, -0.25) is 0 Å². The number of hydrogen-bond donors (Lipinski definition) is 1. The molecule has 0 radical (unpaired) electrons. The van der Waals surface area contributed by atoms with Crippen LogP contribution in [0.3, 0.4) is 0 Å². The van der Waals surface area contributed by atoms with Crippen LogP contribution in [-0.4, -0.2) is 31.7 Å². The maximum Gasteiger partial charge on any atom is 0.163 e. The minimum Gasteiger partial charge on any atom is -0.486 e. The normalized spacial score (nSPS) is 22.1. The van der Waals surface area contributed by atoms with E-state index in [1.165, 1.54) is 6.42 Å². The van der Waals surface area contributed by atoms with Gasteiger partial charge in [0.25, 0.3) is 0 Å². The summed E-state index contributed by atoms with van der Waals surface area (Å²) < 4.78 is 16.7. The molecular weight excluding hydrogens is 250 g/mol. The number of nitrogens with two attached hydrogens (primary N) is 1. The number of ether oxygens (including phenoxy) is 3. The average Bonchev–Trinajstić information content (AvgIpc) is 2.89. The van der Waals surface area contributed by atoms with Gasteiger partial charge in [0.05, 0.1) is 6.10 Å². The van der Waals surface area contributed by atoms with Crippen LogP contribution in [0.25, 0.3) is 0 Å². The Hall–Kier alpha value is -1.07. The lowest BCUT2D eigenvalue weighted by Crippen LogP contribution is -2.15. The molecule has 98 valence electrons. The van der Waals surface area contributed by atoms with Crippen molar-refractivity contribution in [3.63, 3.8) is 0 Å². The van der Waals surface area contributed by atoms with Gasteiger partial charge in [0.15, 0.2) is 11.5 Å². The van der Waals surface area contributed by atoms with Crippen LogP contribution < -0.4 is 15.2 Å². The predicted molar refractivity (Wildman–Crippen MR) is 71.5 cm³/mol. The Morgan fingerprint density at radius 1 is 1.17 bits per heavy atom. The lowest BCUT2D eigenvalue weighted by Gasteiger charge is -2.20. The molecule has 1 aromatic rings. The molecule has 18 heavy (non-hydrogen) atoms. The van der Waals surface area contributed by atoms with Gasteiger partial charge in [0.2, 0.25) is 0 Å². The Morgan fingerprint density at radius 3 is 2.67 bits per heavy atom. The van der Waals surface area contributed by atoms with Crippen molar-refractivity contribution in [2.24, 2.45) is 0 Å². The fourth-order valence-corrected chi connectivity index (χ4v) is 3.21. The number of benzene rings is 1. The Labute approximate surface area is 111 Å². The molecule has 2 aliphatic heterocycles. The third-order valence-corrected chi connectivity index (χ3v) is 4.33. The van der Waals surface area contributed by atoms with E-state index >= 15 is 0 Å². The lowest BCUT2D eigenvalue weighted by atomic mass is 10.2. The fraction of sp³-hybridized carbons (Fsp3) is 0.538. The highest BCUT2D eigenvalue weighted by atomic mass is 32.2. The van der Waals surface area contributed by atoms with Crippen molar-refractivity contribution in [3.8, 4) is 11.5 Å². The molecule has 1 aromatic carbocycles. The van der Waals surface area contributed by atoms with E-state index in [0.29, 0.717) is 19.3 Å². The SMILES string of the molecule is Nc1cc2c(cc1SCC1CCCO1)OCCO2. The second-order valence-corrected chi connectivity index (χ2v) is 5.54. The van der Waals surface area contributed by atoms with Crippen molar-refractivity contribution >= 4 is 17.4 Å². The van der Waals surface area contributed by atoms with Gasteiger partial charge in [-0.1, -0.05) is 0 Å². The molecule has 1 unspecified atom stereocenters. The molecule has 1 saturated heterocycles. The quantitative estimate of drug-likeness (QED) is 0.673. The summed E-state index contributed by atoms with van der Waals surface area (Å²) in [5, 5.41) is 0. The molecule has 1 fully saturated rings. The zero-order valence-electron chi connectivity index (χ0n) is 10.2. The van der Waals surface area contributed by atoms with Crippen LogP contribution in [0, 0.1) is 0 Å².